The summed E-state index contributed by atoms with van der Waals surface area (Å²) in [7, 11) is 0. The van der Waals surface area contributed by atoms with Gasteiger partial charge in [-0.1, -0.05) is 26.0 Å². The van der Waals surface area contributed by atoms with Gasteiger partial charge < -0.3 is 9.84 Å². The molecule has 5 heteroatoms. The quantitative estimate of drug-likeness (QED) is 0.632. The molecule has 1 N–H and O–H groups in total. The first-order valence-corrected chi connectivity index (χ1v) is 5.48. The number of ether oxygens (including phenoxy) is 1. The summed E-state index contributed by atoms with van der Waals surface area (Å²) in [4.78, 5) is 10.3. The first-order chi connectivity index (χ1) is 7.93. The zero-order valence-corrected chi connectivity index (χ0v) is 10.2. The van der Waals surface area contributed by atoms with Gasteiger partial charge in [0.25, 0.3) is 0 Å². The molecule has 1 aromatic carbocycles. The topological polar surface area (TPSA) is 72.6 Å². The van der Waals surface area contributed by atoms with E-state index in [0.29, 0.717) is 5.56 Å². The van der Waals surface area contributed by atoms with E-state index in [2.05, 4.69) is 0 Å². The van der Waals surface area contributed by atoms with Gasteiger partial charge in [-0.25, -0.2) is 0 Å². The third-order valence-corrected chi connectivity index (χ3v) is 2.56. The Labute approximate surface area is 100 Å². The monoisotopic (exact) mass is 239 g/mol. The lowest BCUT2D eigenvalue weighted by Crippen LogP contribution is -2.23. The Kier molecular flexibility index (Phi) is 4.45. The van der Waals surface area contributed by atoms with Gasteiger partial charge in [-0.15, -0.1) is 0 Å². The van der Waals surface area contributed by atoms with Crippen molar-refractivity contribution in [1.82, 2.24) is 0 Å². The number of aliphatic hydroxyl groups excluding tert-OH is 1. The van der Waals surface area contributed by atoms with Gasteiger partial charge in [0.05, 0.1) is 11.0 Å². The van der Waals surface area contributed by atoms with Crippen molar-refractivity contribution in [1.29, 1.82) is 0 Å². The summed E-state index contributed by atoms with van der Waals surface area (Å²) in [5.74, 6) is 0.287. The van der Waals surface area contributed by atoms with E-state index in [0.717, 1.165) is 0 Å². The Morgan fingerprint density at radius 1 is 1.47 bits per heavy atom. The molecule has 1 unspecified atom stereocenters. The van der Waals surface area contributed by atoms with Crippen LogP contribution in [0.4, 0.5) is 5.69 Å². The molecule has 0 aliphatic carbocycles. The van der Waals surface area contributed by atoms with Crippen LogP contribution in [0, 0.1) is 23.0 Å². The van der Waals surface area contributed by atoms with Gasteiger partial charge in [0.1, 0.15) is 6.61 Å². The summed E-state index contributed by atoms with van der Waals surface area (Å²) in [5, 5.41) is 20.4. The van der Waals surface area contributed by atoms with Gasteiger partial charge in [-0.2, -0.15) is 0 Å². The maximum atomic E-state index is 10.8. The van der Waals surface area contributed by atoms with E-state index < -0.39 is 11.0 Å². The Bertz CT molecular complexity index is 403. The molecule has 5 nitrogen and oxygen atoms in total. The predicted octanol–water partition coefficient (Wildman–Crippen LogP) is 2.30. The van der Waals surface area contributed by atoms with Crippen molar-refractivity contribution < 1.29 is 14.8 Å². The van der Waals surface area contributed by atoms with Gasteiger partial charge >= 0.3 is 5.69 Å². The number of hydrogen-bond acceptors (Lipinski definition) is 4. The smallest absolute Gasteiger partial charge is 0.311 e. The molecule has 0 heterocycles. The molecular formula is C12H17NO4. The van der Waals surface area contributed by atoms with Crippen molar-refractivity contribution >= 4 is 5.69 Å². The standard InChI is InChI=1S/C12H17NO4/c1-8(2)11(14)7-17-12-9(3)5-4-6-10(12)13(15)16/h4-6,8,11,14H,7H2,1-3H3. The maximum absolute atomic E-state index is 10.8. The number of para-hydroxylation sites is 1. The Hall–Kier alpha value is -1.62. The zero-order valence-electron chi connectivity index (χ0n) is 10.2. The fraction of sp³-hybridized carbons (Fsp3) is 0.500. The zero-order chi connectivity index (χ0) is 13.0. The van der Waals surface area contributed by atoms with Crippen molar-refractivity contribution in [2.45, 2.75) is 26.9 Å². The van der Waals surface area contributed by atoms with Crippen LogP contribution in [-0.4, -0.2) is 22.7 Å². The molecule has 1 rings (SSSR count). The first kappa shape index (κ1) is 13.4. The molecule has 17 heavy (non-hydrogen) atoms. The number of aliphatic hydroxyl groups is 1. The lowest BCUT2D eigenvalue weighted by atomic mass is 10.1. The number of rotatable bonds is 5. The van der Waals surface area contributed by atoms with Crippen molar-refractivity contribution in [3.63, 3.8) is 0 Å². The minimum absolute atomic E-state index is 0.0538. The Balaban J connectivity index is 2.86. The SMILES string of the molecule is Cc1cccc([N+](=O)[O-])c1OCC(O)C(C)C. The van der Waals surface area contributed by atoms with Gasteiger partial charge in [-0.3, -0.25) is 10.1 Å². The van der Waals surface area contributed by atoms with Gasteiger partial charge in [-0.05, 0) is 18.4 Å². The highest BCUT2D eigenvalue weighted by molar-refractivity contribution is 5.51. The van der Waals surface area contributed by atoms with Crippen molar-refractivity contribution in [3.8, 4) is 5.75 Å². The molecule has 0 aliphatic rings. The lowest BCUT2D eigenvalue weighted by Gasteiger charge is -2.16. The molecule has 0 amide bonds. The van der Waals surface area contributed by atoms with Crippen LogP contribution in [0.25, 0.3) is 0 Å². The van der Waals surface area contributed by atoms with E-state index in [-0.39, 0.29) is 24.0 Å². The highest BCUT2D eigenvalue weighted by atomic mass is 16.6. The second-order valence-corrected chi connectivity index (χ2v) is 4.30. The molecule has 0 radical (unpaired) electrons. The van der Waals surface area contributed by atoms with Crippen LogP contribution in [0.15, 0.2) is 18.2 Å². The lowest BCUT2D eigenvalue weighted by molar-refractivity contribution is -0.386. The number of nitro groups is 1. The van der Waals surface area contributed by atoms with E-state index in [1.54, 1.807) is 19.1 Å². The normalized spacial score (nSPS) is 12.5. The van der Waals surface area contributed by atoms with Crippen LogP contribution in [0.1, 0.15) is 19.4 Å². The van der Waals surface area contributed by atoms with Crippen LogP contribution in [0.5, 0.6) is 5.75 Å². The summed E-state index contributed by atoms with van der Waals surface area (Å²) in [5.41, 5.74) is 0.621. The van der Waals surface area contributed by atoms with Crippen LogP contribution in [-0.2, 0) is 0 Å². The van der Waals surface area contributed by atoms with Crippen molar-refractivity contribution in [3.05, 3.63) is 33.9 Å². The Morgan fingerprint density at radius 3 is 2.65 bits per heavy atom. The largest absolute Gasteiger partial charge is 0.484 e. The van der Waals surface area contributed by atoms with Gasteiger partial charge in [0, 0.05) is 6.07 Å². The highest BCUT2D eigenvalue weighted by Gasteiger charge is 2.19. The third kappa shape index (κ3) is 3.42. The minimum atomic E-state index is -0.630. The average Bonchev–Trinajstić information content (AvgIpc) is 2.26. The molecule has 1 aromatic rings. The Morgan fingerprint density at radius 2 is 2.12 bits per heavy atom. The summed E-state index contributed by atoms with van der Waals surface area (Å²) in [6.07, 6.45) is -0.630. The first-order valence-electron chi connectivity index (χ1n) is 5.48. The van der Waals surface area contributed by atoms with E-state index in [1.165, 1.54) is 6.07 Å². The number of nitro benzene ring substituents is 1. The molecule has 0 spiro atoms. The molecule has 0 aromatic heterocycles. The maximum Gasteiger partial charge on any atom is 0.311 e. The van der Waals surface area contributed by atoms with E-state index in [9.17, 15) is 15.2 Å². The van der Waals surface area contributed by atoms with Crippen LogP contribution in [0.2, 0.25) is 0 Å². The van der Waals surface area contributed by atoms with Crippen LogP contribution < -0.4 is 4.74 Å². The average molecular weight is 239 g/mol. The molecular weight excluding hydrogens is 222 g/mol. The molecule has 0 fully saturated rings. The summed E-state index contributed by atoms with van der Waals surface area (Å²) in [6.45, 7) is 5.52. The summed E-state index contributed by atoms with van der Waals surface area (Å²) >= 11 is 0. The number of aryl methyl sites for hydroxylation is 1. The summed E-state index contributed by atoms with van der Waals surface area (Å²) < 4.78 is 5.36. The fourth-order valence-electron chi connectivity index (χ4n) is 1.33. The van der Waals surface area contributed by atoms with E-state index in [4.69, 9.17) is 4.74 Å². The molecule has 94 valence electrons. The molecule has 0 saturated carbocycles. The fourth-order valence-corrected chi connectivity index (χ4v) is 1.33. The molecule has 0 bridgehead atoms. The molecule has 0 saturated heterocycles. The number of hydrogen-bond donors (Lipinski definition) is 1. The third-order valence-electron chi connectivity index (χ3n) is 2.56. The van der Waals surface area contributed by atoms with E-state index >= 15 is 0 Å². The van der Waals surface area contributed by atoms with Crippen LogP contribution >= 0.6 is 0 Å². The second-order valence-electron chi connectivity index (χ2n) is 4.30. The second kappa shape index (κ2) is 5.63. The molecule has 1 atom stereocenters. The minimum Gasteiger partial charge on any atom is -0.484 e. The van der Waals surface area contributed by atoms with Crippen molar-refractivity contribution in [2.24, 2.45) is 5.92 Å². The highest BCUT2D eigenvalue weighted by Crippen LogP contribution is 2.30. The molecule has 0 aliphatic heterocycles. The van der Waals surface area contributed by atoms with Crippen molar-refractivity contribution in [2.75, 3.05) is 6.61 Å². The summed E-state index contributed by atoms with van der Waals surface area (Å²) in [6, 6.07) is 4.74. The van der Waals surface area contributed by atoms with Gasteiger partial charge in [0.2, 0.25) is 0 Å². The van der Waals surface area contributed by atoms with E-state index in [1.807, 2.05) is 13.8 Å². The predicted molar refractivity (Wildman–Crippen MR) is 64.2 cm³/mol. The number of benzene rings is 1. The van der Waals surface area contributed by atoms with Gasteiger partial charge in [0.15, 0.2) is 5.75 Å². The van der Waals surface area contributed by atoms with Crippen LogP contribution in [0.3, 0.4) is 0 Å². The number of nitrogens with zero attached hydrogens (tertiary/aromatic N) is 1.